The summed E-state index contributed by atoms with van der Waals surface area (Å²) in [6.07, 6.45) is 15.3. The highest BCUT2D eigenvalue weighted by Crippen LogP contribution is 2.27. The number of halogens is 1. The second-order valence-electron chi connectivity index (χ2n) is 3.15. The van der Waals surface area contributed by atoms with Crippen LogP contribution < -0.4 is 0 Å². The van der Waals surface area contributed by atoms with Crippen molar-refractivity contribution in [1.82, 2.24) is 0 Å². The summed E-state index contributed by atoms with van der Waals surface area (Å²) in [5, 5.41) is 1.16. The fourth-order valence-electron chi connectivity index (χ4n) is 1.36. The summed E-state index contributed by atoms with van der Waals surface area (Å²) < 4.78 is 0. The van der Waals surface area contributed by atoms with Gasteiger partial charge in [0, 0.05) is 5.33 Å². The Kier molecular flexibility index (Phi) is 6.11. The minimum Gasteiger partial charge on any atom is -0.0928 e. The molecule has 0 nitrogen and oxygen atoms in total. The fraction of sp³-hybridized carbons (Fsp3) is 0.545. The van der Waals surface area contributed by atoms with Gasteiger partial charge in [-0.25, -0.2) is 0 Å². The average Bonchev–Trinajstić information content (AvgIpc) is 2.57. The number of hydrogen-bond acceptors (Lipinski definition) is 0. The lowest BCUT2D eigenvalue weighted by Crippen LogP contribution is -1.91. The van der Waals surface area contributed by atoms with E-state index in [1.165, 1.54) is 38.0 Å². The average molecular weight is 228 g/mol. The lowest BCUT2D eigenvalue weighted by molar-refractivity contribution is 0.655. The summed E-state index contributed by atoms with van der Waals surface area (Å²) in [6.45, 7) is 0. The normalized spacial score (nSPS) is 18.8. The molecule has 5 radical (unpaired) electrons. The van der Waals surface area contributed by atoms with Crippen LogP contribution in [0.4, 0.5) is 0 Å². The predicted molar refractivity (Wildman–Crippen MR) is 57.3 cm³/mol. The molecule has 1 fully saturated rings. The Labute approximate surface area is 85.3 Å². The minimum absolute atomic E-state index is 1.16. The van der Waals surface area contributed by atoms with E-state index >= 15 is 0 Å². The second-order valence-corrected chi connectivity index (χ2v) is 3.94. The third-order valence-electron chi connectivity index (χ3n) is 2.08. The third kappa shape index (κ3) is 4.49. The molecule has 1 aliphatic carbocycles. The highest BCUT2D eigenvalue weighted by Gasteiger charge is 2.15. The highest BCUT2D eigenvalue weighted by atomic mass is 79.9. The van der Waals surface area contributed by atoms with Crippen molar-refractivity contribution < 1.29 is 0 Å². The van der Waals surface area contributed by atoms with Gasteiger partial charge in [-0.3, -0.25) is 0 Å². The molecule has 1 saturated carbocycles. The Morgan fingerprint density at radius 3 is 2.25 bits per heavy atom. The quantitative estimate of drug-likeness (QED) is 0.480. The van der Waals surface area contributed by atoms with E-state index in [4.69, 9.17) is 0 Å². The maximum atomic E-state index is 3.44. The molecule has 0 heterocycles. The zero-order valence-electron chi connectivity index (χ0n) is 7.43. The largest absolute Gasteiger partial charge is 0.0928 e. The van der Waals surface area contributed by atoms with E-state index < -0.39 is 0 Å². The molecule has 0 N–H and O–H groups in total. The standard InChI is InChI=1S/C11H16Br/c12-10-6-2-1-3-7-11-8-4-5-9-11/h4-5,8-9H,1-3,6-7,10H2. The van der Waals surface area contributed by atoms with Crippen molar-refractivity contribution in [3.05, 3.63) is 31.6 Å². The Morgan fingerprint density at radius 1 is 0.917 bits per heavy atom. The van der Waals surface area contributed by atoms with E-state index in [-0.39, 0.29) is 0 Å². The predicted octanol–water partition coefficient (Wildman–Crippen LogP) is 3.74. The molecule has 0 aromatic heterocycles. The van der Waals surface area contributed by atoms with Gasteiger partial charge in [-0.1, -0.05) is 35.2 Å². The van der Waals surface area contributed by atoms with Gasteiger partial charge < -0.3 is 0 Å². The van der Waals surface area contributed by atoms with E-state index in [9.17, 15) is 0 Å². The zero-order valence-corrected chi connectivity index (χ0v) is 9.02. The van der Waals surface area contributed by atoms with E-state index in [2.05, 4.69) is 41.6 Å². The van der Waals surface area contributed by atoms with Gasteiger partial charge in [-0.05, 0) is 44.4 Å². The van der Waals surface area contributed by atoms with Gasteiger partial charge in [0.15, 0.2) is 0 Å². The first kappa shape index (κ1) is 10.6. The van der Waals surface area contributed by atoms with Crippen molar-refractivity contribution in [2.24, 2.45) is 0 Å². The van der Waals surface area contributed by atoms with Crippen LogP contribution in [-0.4, -0.2) is 5.33 Å². The summed E-state index contributed by atoms with van der Waals surface area (Å²) in [4.78, 5) is 0. The lowest BCUT2D eigenvalue weighted by Gasteiger charge is -2.05. The third-order valence-corrected chi connectivity index (χ3v) is 2.64. The van der Waals surface area contributed by atoms with Crippen LogP contribution in [0.5, 0.6) is 0 Å². The van der Waals surface area contributed by atoms with Crippen LogP contribution in [0, 0.1) is 31.6 Å². The summed E-state index contributed by atoms with van der Waals surface area (Å²) in [5.74, 6) is 1.49. The van der Waals surface area contributed by atoms with E-state index in [1.807, 2.05) is 0 Å². The lowest BCUT2D eigenvalue weighted by atomic mass is 10.00. The molecule has 0 bridgehead atoms. The first-order valence-corrected chi connectivity index (χ1v) is 5.82. The number of unbranched alkanes of at least 4 members (excludes halogenated alkanes) is 3. The maximum Gasteiger partial charge on any atom is 0.00313 e. The van der Waals surface area contributed by atoms with Gasteiger partial charge in [0.25, 0.3) is 0 Å². The SMILES string of the molecule is BrCCCCCC[C]1[CH][CH][CH][CH]1. The summed E-state index contributed by atoms with van der Waals surface area (Å²) >= 11 is 3.44. The molecule has 0 atom stereocenters. The van der Waals surface area contributed by atoms with E-state index in [1.54, 1.807) is 0 Å². The first-order chi connectivity index (χ1) is 5.93. The molecule has 0 saturated heterocycles. The first-order valence-electron chi connectivity index (χ1n) is 4.70. The highest BCUT2D eigenvalue weighted by molar-refractivity contribution is 9.09. The molecule has 67 valence electrons. The maximum absolute atomic E-state index is 3.44. The van der Waals surface area contributed by atoms with Crippen LogP contribution in [0.15, 0.2) is 0 Å². The van der Waals surface area contributed by atoms with E-state index in [0.29, 0.717) is 0 Å². The zero-order chi connectivity index (χ0) is 8.65. The molecule has 0 aromatic carbocycles. The van der Waals surface area contributed by atoms with Crippen molar-refractivity contribution in [2.45, 2.75) is 32.1 Å². The van der Waals surface area contributed by atoms with Crippen molar-refractivity contribution in [3.8, 4) is 0 Å². The molecule has 0 aliphatic heterocycles. The number of alkyl halides is 1. The Morgan fingerprint density at radius 2 is 1.58 bits per heavy atom. The minimum atomic E-state index is 1.16. The fourth-order valence-corrected chi connectivity index (χ4v) is 1.75. The molecule has 1 heteroatoms. The summed E-state index contributed by atoms with van der Waals surface area (Å²) in [5.41, 5.74) is 0. The molecule has 12 heavy (non-hydrogen) atoms. The monoisotopic (exact) mass is 227 g/mol. The van der Waals surface area contributed by atoms with Gasteiger partial charge in [-0.2, -0.15) is 0 Å². The molecular weight excluding hydrogens is 212 g/mol. The molecule has 0 amide bonds. The Hall–Kier alpha value is 0.480. The van der Waals surface area contributed by atoms with Crippen LogP contribution in [0.1, 0.15) is 32.1 Å². The summed E-state index contributed by atoms with van der Waals surface area (Å²) in [7, 11) is 0. The van der Waals surface area contributed by atoms with Gasteiger partial charge in [-0.15, -0.1) is 0 Å². The molecule has 1 aliphatic rings. The Bertz CT molecular complexity index is 95.2. The molecule has 0 unspecified atom stereocenters. The van der Waals surface area contributed by atoms with Gasteiger partial charge in [0.1, 0.15) is 0 Å². The van der Waals surface area contributed by atoms with E-state index in [0.717, 1.165) is 5.33 Å². The summed E-state index contributed by atoms with van der Waals surface area (Å²) in [6, 6.07) is 0. The van der Waals surface area contributed by atoms with Gasteiger partial charge >= 0.3 is 0 Å². The topological polar surface area (TPSA) is 0 Å². The molecule has 0 spiro atoms. The van der Waals surface area contributed by atoms with Crippen molar-refractivity contribution in [1.29, 1.82) is 0 Å². The Balaban J connectivity index is 1.81. The van der Waals surface area contributed by atoms with Gasteiger partial charge in [0.2, 0.25) is 0 Å². The molecular formula is C11H16Br. The van der Waals surface area contributed by atoms with Crippen LogP contribution in [0.25, 0.3) is 0 Å². The molecule has 1 rings (SSSR count). The number of hydrogen-bond donors (Lipinski definition) is 0. The van der Waals surface area contributed by atoms with Crippen molar-refractivity contribution >= 4 is 15.9 Å². The van der Waals surface area contributed by atoms with Crippen LogP contribution in [-0.2, 0) is 0 Å². The van der Waals surface area contributed by atoms with Crippen molar-refractivity contribution in [3.63, 3.8) is 0 Å². The van der Waals surface area contributed by atoms with Crippen LogP contribution >= 0.6 is 15.9 Å². The molecule has 0 aromatic rings. The number of rotatable bonds is 6. The van der Waals surface area contributed by atoms with Gasteiger partial charge in [0.05, 0.1) is 0 Å². The van der Waals surface area contributed by atoms with Crippen LogP contribution in [0.2, 0.25) is 0 Å². The van der Waals surface area contributed by atoms with Crippen molar-refractivity contribution in [2.75, 3.05) is 5.33 Å². The smallest absolute Gasteiger partial charge is 0.00313 e. The van der Waals surface area contributed by atoms with Crippen LogP contribution in [0.3, 0.4) is 0 Å². The second kappa shape index (κ2) is 6.94.